The molecule has 0 bridgehead atoms. The molecule has 0 aromatic carbocycles. The van der Waals surface area contributed by atoms with Crippen molar-refractivity contribution in [3.05, 3.63) is 28.6 Å². The molecule has 0 unspecified atom stereocenters. The van der Waals surface area contributed by atoms with Crippen LogP contribution in [0.3, 0.4) is 0 Å². The Morgan fingerprint density at radius 2 is 1.96 bits per heavy atom. The van der Waals surface area contributed by atoms with Crippen molar-refractivity contribution < 1.29 is 0 Å². The maximum atomic E-state index is 4.47. The number of aromatic nitrogens is 2. The molecule has 1 aliphatic carbocycles. The summed E-state index contributed by atoms with van der Waals surface area (Å²) in [5.74, 6) is 0.889. The third-order valence-electron chi connectivity index (χ3n) is 4.67. The molecule has 128 valence electrons. The maximum Gasteiger partial charge on any atom is 0.190 e. The van der Waals surface area contributed by atoms with Crippen molar-refractivity contribution in [2.75, 3.05) is 20.1 Å². The molecule has 1 aliphatic rings. The van der Waals surface area contributed by atoms with E-state index >= 15 is 0 Å². The first kappa shape index (κ1) is 17.6. The quantitative estimate of drug-likeness (QED) is 0.482. The third kappa shape index (κ3) is 5.12. The van der Waals surface area contributed by atoms with Gasteiger partial charge >= 0.3 is 0 Å². The SMILES string of the molecule is CN=C(NCCC1=CCCCC1)NCCc1c(C)nn(C)c1C. The second-order valence-corrected chi connectivity index (χ2v) is 6.31. The summed E-state index contributed by atoms with van der Waals surface area (Å²) in [5, 5.41) is 11.3. The van der Waals surface area contributed by atoms with Gasteiger partial charge in [0.25, 0.3) is 0 Å². The van der Waals surface area contributed by atoms with E-state index in [2.05, 4.69) is 40.6 Å². The molecular weight excluding hydrogens is 286 g/mol. The summed E-state index contributed by atoms with van der Waals surface area (Å²) in [6, 6.07) is 0. The van der Waals surface area contributed by atoms with E-state index in [9.17, 15) is 0 Å². The number of hydrogen-bond donors (Lipinski definition) is 2. The van der Waals surface area contributed by atoms with Gasteiger partial charge in [0, 0.05) is 32.9 Å². The Balaban J connectivity index is 1.71. The molecule has 0 fully saturated rings. The molecule has 0 amide bonds. The van der Waals surface area contributed by atoms with E-state index in [1.165, 1.54) is 36.9 Å². The van der Waals surface area contributed by atoms with Gasteiger partial charge in [-0.3, -0.25) is 9.67 Å². The fourth-order valence-electron chi connectivity index (χ4n) is 3.18. The largest absolute Gasteiger partial charge is 0.356 e. The topological polar surface area (TPSA) is 54.2 Å². The maximum absolute atomic E-state index is 4.47. The van der Waals surface area contributed by atoms with Gasteiger partial charge in [-0.1, -0.05) is 11.6 Å². The summed E-state index contributed by atoms with van der Waals surface area (Å²) in [6.45, 7) is 6.03. The third-order valence-corrected chi connectivity index (χ3v) is 4.67. The molecule has 23 heavy (non-hydrogen) atoms. The smallest absolute Gasteiger partial charge is 0.190 e. The van der Waals surface area contributed by atoms with Crippen LogP contribution in [0, 0.1) is 13.8 Å². The number of hydrogen-bond acceptors (Lipinski definition) is 2. The van der Waals surface area contributed by atoms with Crippen LogP contribution in [0.25, 0.3) is 0 Å². The monoisotopic (exact) mass is 317 g/mol. The fourth-order valence-corrected chi connectivity index (χ4v) is 3.18. The zero-order chi connectivity index (χ0) is 16.7. The van der Waals surface area contributed by atoms with Crippen LogP contribution in [0.15, 0.2) is 16.6 Å². The minimum Gasteiger partial charge on any atom is -0.356 e. The normalized spacial score (nSPS) is 15.5. The predicted molar refractivity (Wildman–Crippen MR) is 96.9 cm³/mol. The van der Waals surface area contributed by atoms with Gasteiger partial charge in [0.1, 0.15) is 0 Å². The van der Waals surface area contributed by atoms with Crippen LogP contribution in [0.2, 0.25) is 0 Å². The molecule has 2 N–H and O–H groups in total. The summed E-state index contributed by atoms with van der Waals surface area (Å²) in [6.07, 6.45) is 9.74. The highest BCUT2D eigenvalue weighted by Crippen LogP contribution is 2.19. The number of aryl methyl sites for hydroxylation is 2. The van der Waals surface area contributed by atoms with E-state index in [0.29, 0.717) is 0 Å². The fraction of sp³-hybridized carbons (Fsp3) is 0.667. The van der Waals surface area contributed by atoms with Crippen LogP contribution in [0.5, 0.6) is 0 Å². The van der Waals surface area contributed by atoms with Gasteiger partial charge in [0.05, 0.1) is 5.69 Å². The highest BCUT2D eigenvalue weighted by atomic mass is 15.3. The van der Waals surface area contributed by atoms with E-state index in [1.807, 2.05) is 18.8 Å². The average molecular weight is 317 g/mol. The second-order valence-electron chi connectivity index (χ2n) is 6.31. The summed E-state index contributed by atoms with van der Waals surface area (Å²) in [4.78, 5) is 4.31. The summed E-state index contributed by atoms with van der Waals surface area (Å²) in [7, 11) is 3.83. The van der Waals surface area contributed by atoms with Crippen molar-refractivity contribution in [3.8, 4) is 0 Å². The molecule has 1 heterocycles. The molecule has 2 rings (SSSR count). The highest BCUT2D eigenvalue weighted by molar-refractivity contribution is 5.79. The van der Waals surface area contributed by atoms with Gasteiger partial charge in [0.2, 0.25) is 0 Å². The van der Waals surface area contributed by atoms with Gasteiger partial charge in [0.15, 0.2) is 5.96 Å². The Bertz CT molecular complexity index is 568. The molecule has 1 aromatic heterocycles. The van der Waals surface area contributed by atoms with E-state index in [4.69, 9.17) is 0 Å². The number of nitrogens with one attached hydrogen (secondary N) is 2. The molecule has 1 aromatic rings. The lowest BCUT2D eigenvalue weighted by Crippen LogP contribution is -2.38. The standard InChI is InChI=1S/C18H31N5/c1-14-17(15(2)23(4)22-14)11-13-21-18(19-3)20-12-10-16-8-6-5-7-9-16/h8H,5-7,9-13H2,1-4H3,(H2,19,20,21). The first-order valence-electron chi connectivity index (χ1n) is 8.73. The molecule has 5 heteroatoms. The lowest BCUT2D eigenvalue weighted by atomic mass is 9.97. The molecule has 0 radical (unpaired) electrons. The lowest BCUT2D eigenvalue weighted by molar-refractivity contribution is 0.665. The molecule has 5 nitrogen and oxygen atoms in total. The van der Waals surface area contributed by atoms with Crippen molar-refractivity contribution in [3.63, 3.8) is 0 Å². The van der Waals surface area contributed by atoms with E-state index in [0.717, 1.165) is 37.6 Å². The molecule has 0 atom stereocenters. The molecule has 0 saturated carbocycles. The zero-order valence-electron chi connectivity index (χ0n) is 15.1. The number of rotatable bonds is 6. The predicted octanol–water partition coefficient (Wildman–Crippen LogP) is 2.63. The van der Waals surface area contributed by atoms with Crippen LogP contribution in [-0.4, -0.2) is 35.9 Å². The highest BCUT2D eigenvalue weighted by Gasteiger charge is 2.09. The van der Waals surface area contributed by atoms with E-state index in [-0.39, 0.29) is 0 Å². The minimum absolute atomic E-state index is 0.871. The average Bonchev–Trinajstić information content (AvgIpc) is 2.80. The van der Waals surface area contributed by atoms with Crippen molar-refractivity contribution >= 4 is 5.96 Å². The van der Waals surface area contributed by atoms with E-state index in [1.54, 1.807) is 5.57 Å². The van der Waals surface area contributed by atoms with Crippen molar-refractivity contribution in [1.82, 2.24) is 20.4 Å². The van der Waals surface area contributed by atoms with Crippen molar-refractivity contribution in [2.45, 2.75) is 52.4 Å². The zero-order valence-corrected chi connectivity index (χ0v) is 15.1. The molecule has 0 saturated heterocycles. The van der Waals surface area contributed by atoms with Gasteiger partial charge in [-0.05, 0) is 57.9 Å². The van der Waals surface area contributed by atoms with Crippen LogP contribution in [-0.2, 0) is 13.5 Å². The Labute approximate surface area is 140 Å². The molecule has 0 aliphatic heterocycles. The number of guanidine groups is 1. The molecule has 0 spiro atoms. The van der Waals surface area contributed by atoms with Crippen molar-refractivity contribution in [1.29, 1.82) is 0 Å². The summed E-state index contributed by atoms with van der Waals surface area (Å²) >= 11 is 0. The van der Waals surface area contributed by atoms with Crippen molar-refractivity contribution in [2.24, 2.45) is 12.0 Å². The summed E-state index contributed by atoms with van der Waals surface area (Å²) < 4.78 is 1.95. The Morgan fingerprint density at radius 3 is 2.52 bits per heavy atom. The first-order valence-corrected chi connectivity index (χ1v) is 8.73. The van der Waals surface area contributed by atoms with Crippen LogP contribution < -0.4 is 10.6 Å². The number of aliphatic imine (C=N–C) groups is 1. The minimum atomic E-state index is 0.871. The van der Waals surface area contributed by atoms with Crippen LogP contribution >= 0.6 is 0 Å². The lowest BCUT2D eigenvalue weighted by Gasteiger charge is -2.15. The van der Waals surface area contributed by atoms with Crippen LogP contribution in [0.1, 0.15) is 49.1 Å². The van der Waals surface area contributed by atoms with Gasteiger partial charge in [-0.25, -0.2) is 0 Å². The summed E-state index contributed by atoms with van der Waals surface area (Å²) in [5.41, 5.74) is 5.30. The molecular formula is C18H31N5. The van der Waals surface area contributed by atoms with Gasteiger partial charge in [-0.15, -0.1) is 0 Å². The van der Waals surface area contributed by atoms with Gasteiger partial charge in [-0.2, -0.15) is 5.10 Å². The number of nitrogens with zero attached hydrogens (tertiary/aromatic N) is 3. The number of allylic oxidation sites excluding steroid dienone is 1. The Hall–Kier alpha value is -1.78. The van der Waals surface area contributed by atoms with E-state index < -0.39 is 0 Å². The Kier molecular flexibility index (Phi) is 6.68. The first-order chi connectivity index (χ1) is 11.1. The second kappa shape index (κ2) is 8.75. The van der Waals surface area contributed by atoms with Gasteiger partial charge < -0.3 is 10.6 Å². The van der Waals surface area contributed by atoms with Crippen LogP contribution in [0.4, 0.5) is 0 Å². The Morgan fingerprint density at radius 1 is 1.22 bits per heavy atom.